The number of pyridine rings is 3. The zero-order chi connectivity index (χ0) is 38.4. The average molecular weight is 721 g/mol. The first-order valence-corrected chi connectivity index (χ1v) is 17.9. The molecular formula is C39H56N6O7. The Hall–Kier alpha value is -4.30. The maximum Gasteiger partial charge on any atom is 0.173 e. The zero-order valence-corrected chi connectivity index (χ0v) is 31.5. The fraction of sp³-hybridized carbons (Fsp3) is 0.538. The summed E-state index contributed by atoms with van der Waals surface area (Å²) in [6.07, 6.45) is 18.1. The van der Waals surface area contributed by atoms with Gasteiger partial charge >= 0.3 is 0 Å². The van der Waals surface area contributed by atoms with Crippen LogP contribution in [0.5, 0.6) is 0 Å². The number of aryl methyl sites for hydroxylation is 3. The van der Waals surface area contributed by atoms with Gasteiger partial charge in [-0.1, -0.05) is 0 Å². The number of carboxylic acid groups (broad SMARTS) is 3. The maximum atomic E-state index is 10.1. The van der Waals surface area contributed by atoms with E-state index in [0.717, 1.165) is 0 Å². The van der Waals surface area contributed by atoms with Crippen LogP contribution in [0, 0.1) is 0 Å². The van der Waals surface area contributed by atoms with Crippen molar-refractivity contribution in [1.29, 1.82) is 0 Å². The van der Waals surface area contributed by atoms with Crippen molar-refractivity contribution in [2.24, 2.45) is 21.1 Å². The van der Waals surface area contributed by atoms with Crippen LogP contribution in [0.1, 0.15) is 86.2 Å². The Balaban J connectivity index is 0.000000187. The van der Waals surface area contributed by atoms with E-state index in [1.165, 1.54) is 74.8 Å². The van der Waals surface area contributed by atoms with E-state index in [4.69, 9.17) is 5.11 Å². The first kappa shape index (κ1) is 42.1. The quantitative estimate of drug-likeness (QED) is 0.274. The molecule has 284 valence electrons. The van der Waals surface area contributed by atoms with Gasteiger partial charge in [-0.2, -0.15) is 0 Å². The molecule has 0 spiro atoms. The molecule has 3 fully saturated rings. The molecule has 1 N–H and O–H groups in total. The molecule has 3 aliphatic heterocycles. The molecule has 0 radical (unpaired) electrons. The number of rotatable bonds is 8. The molecule has 3 aromatic rings. The molecule has 6 heterocycles. The van der Waals surface area contributed by atoms with Crippen molar-refractivity contribution in [2.75, 3.05) is 40.8 Å². The lowest BCUT2D eigenvalue weighted by Crippen LogP contribution is -2.54. The summed E-state index contributed by atoms with van der Waals surface area (Å²) in [5.41, 5.74) is 1.37. The third kappa shape index (κ3) is 13.0. The molecule has 0 unspecified atom stereocenters. The van der Waals surface area contributed by atoms with E-state index in [0.29, 0.717) is 18.1 Å². The van der Waals surface area contributed by atoms with Crippen molar-refractivity contribution in [1.82, 2.24) is 14.7 Å². The summed E-state index contributed by atoms with van der Waals surface area (Å²) in [5, 5.41) is 38.9. The van der Waals surface area contributed by atoms with Crippen LogP contribution in [0.15, 0.2) is 73.6 Å². The van der Waals surface area contributed by atoms with Crippen molar-refractivity contribution < 1.29 is 48.5 Å². The summed E-state index contributed by atoms with van der Waals surface area (Å²) in [5.74, 6) is -5.98. The highest BCUT2D eigenvalue weighted by Crippen LogP contribution is 2.30. The van der Waals surface area contributed by atoms with E-state index in [1.807, 2.05) is 0 Å². The molecule has 0 saturated carbocycles. The summed E-state index contributed by atoms with van der Waals surface area (Å²) in [4.78, 5) is 37.3. The van der Waals surface area contributed by atoms with Crippen LogP contribution >= 0.6 is 0 Å². The van der Waals surface area contributed by atoms with Crippen molar-refractivity contribution >= 4 is 17.9 Å². The standard InChI is InChI=1S/3C11H17N2.C6H8O7/c3*1-12-7-3-5-10(9-12)11-6-4-8-13(11)2;7-3(8)1-6(13,5(11)12)2-4(9)10/h3*3,5,7,9,11H,4,6,8H2,1-2H3;13H,1-2H2,(H,7,8)(H,9,10)(H,11,12)/q3*+1;/p-3/t3*11-;/m000./s1. The largest absolute Gasteiger partial charge is 0.550 e. The van der Waals surface area contributed by atoms with Crippen LogP contribution in [-0.2, 0) is 35.5 Å². The fourth-order valence-corrected chi connectivity index (χ4v) is 7.10. The summed E-state index contributed by atoms with van der Waals surface area (Å²) < 4.78 is 6.38. The van der Waals surface area contributed by atoms with Crippen molar-refractivity contribution in [3.63, 3.8) is 0 Å². The summed E-state index contributed by atoms with van der Waals surface area (Å²) >= 11 is 0. The third-order valence-electron chi connectivity index (χ3n) is 9.86. The maximum absolute atomic E-state index is 10.1. The minimum Gasteiger partial charge on any atom is -0.550 e. The van der Waals surface area contributed by atoms with Gasteiger partial charge in [0.15, 0.2) is 37.2 Å². The van der Waals surface area contributed by atoms with Crippen LogP contribution in [-0.4, -0.2) is 84.1 Å². The summed E-state index contributed by atoms with van der Waals surface area (Å²) in [6, 6.07) is 15.0. The van der Waals surface area contributed by atoms with E-state index in [2.05, 4.69) is 144 Å². The predicted molar refractivity (Wildman–Crippen MR) is 186 cm³/mol. The van der Waals surface area contributed by atoms with Gasteiger partial charge < -0.3 is 34.8 Å². The van der Waals surface area contributed by atoms with Gasteiger partial charge in [0.2, 0.25) is 0 Å². The molecule has 0 aromatic carbocycles. The molecule has 3 aliphatic rings. The van der Waals surface area contributed by atoms with E-state index in [1.54, 1.807) is 0 Å². The first-order valence-electron chi connectivity index (χ1n) is 17.9. The van der Waals surface area contributed by atoms with Crippen LogP contribution in [0.25, 0.3) is 0 Å². The molecule has 6 rings (SSSR count). The Kier molecular flexibility index (Phi) is 16.3. The van der Waals surface area contributed by atoms with Gasteiger partial charge in [-0.05, 0) is 97.5 Å². The van der Waals surface area contributed by atoms with E-state index in [9.17, 15) is 29.7 Å². The number of aliphatic carboxylic acids is 3. The summed E-state index contributed by atoms with van der Waals surface area (Å²) in [6.45, 7) is 3.72. The van der Waals surface area contributed by atoms with Crippen LogP contribution in [0.2, 0.25) is 0 Å². The highest BCUT2D eigenvalue weighted by atomic mass is 16.4. The lowest BCUT2D eigenvalue weighted by atomic mass is 9.96. The predicted octanol–water partition coefficient (Wildman–Crippen LogP) is -1.42. The minimum absolute atomic E-state index is 0.646. The topological polar surface area (TPSA) is 162 Å². The number of carbonyl (C=O) groups excluding carboxylic acids is 3. The van der Waals surface area contributed by atoms with E-state index in [-0.39, 0.29) is 0 Å². The van der Waals surface area contributed by atoms with Crippen LogP contribution in [0.3, 0.4) is 0 Å². The Morgan fingerprint density at radius 2 is 0.923 bits per heavy atom. The number of hydrogen-bond donors (Lipinski definition) is 1. The Labute approximate surface area is 308 Å². The third-order valence-corrected chi connectivity index (χ3v) is 9.86. The second-order valence-corrected chi connectivity index (χ2v) is 14.2. The number of likely N-dealkylation sites (tertiary alicyclic amines) is 3. The van der Waals surface area contributed by atoms with Gasteiger partial charge in [0.1, 0.15) is 26.7 Å². The van der Waals surface area contributed by atoms with E-state index >= 15 is 0 Å². The second kappa shape index (κ2) is 20.1. The molecule has 13 heteroatoms. The number of hydrogen-bond acceptors (Lipinski definition) is 10. The van der Waals surface area contributed by atoms with Crippen molar-refractivity contribution in [3.05, 3.63) is 90.3 Å². The zero-order valence-electron chi connectivity index (χ0n) is 31.5. The molecule has 3 atom stereocenters. The average Bonchev–Trinajstić information content (AvgIpc) is 3.82. The number of carbonyl (C=O) groups is 3. The molecule has 0 aliphatic carbocycles. The molecule has 3 aromatic heterocycles. The van der Waals surface area contributed by atoms with Crippen LogP contribution < -0.4 is 29.0 Å². The highest BCUT2D eigenvalue weighted by molar-refractivity contribution is 5.86. The van der Waals surface area contributed by atoms with Crippen molar-refractivity contribution in [3.8, 4) is 0 Å². The normalized spacial score (nSPS) is 20.5. The van der Waals surface area contributed by atoms with Gasteiger partial charge in [0.05, 0.1) is 5.97 Å². The van der Waals surface area contributed by atoms with Gasteiger partial charge in [-0.25, -0.2) is 13.7 Å². The van der Waals surface area contributed by atoms with Gasteiger partial charge in [-0.3, -0.25) is 14.7 Å². The molecular weight excluding hydrogens is 664 g/mol. The monoisotopic (exact) mass is 720 g/mol. The molecule has 0 bridgehead atoms. The van der Waals surface area contributed by atoms with E-state index < -0.39 is 36.4 Å². The minimum atomic E-state index is -2.97. The van der Waals surface area contributed by atoms with Gasteiger partial charge in [0, 0.05) is 77.8 Å². The molecule has 52 heavy (non-hydrogen) atoms. The lowest BCUT2D eigenvalue weighted by Gasteiger charge is -2.29. The second-order valence-electron chi connectivity index (χ2n) is 14.2. The Morgan fingerprint density at radius 1 is 0.635 bits per heavy atom. The Bertz CT molecular complexity index is 1460. The SMILES string of the molecule is CN1CCC[C@H]1c1ccc[n+](C)c1.CN1CCC[C@H]1c1ccc[n+](C)c1.CN1CCC[C@H]1c1ccc[n+](C)c1.O=C([O-])CC(O)(CC(=O)[O-])C(=O)[O-]. The van der Waals surface area contributed by atoms with Gasteiger partial charge in [0.25, 0.3) is 0 Å². The number of nitrogens with zero attached hydrogens (tertiary/aromatic N) is 6. The highest BCUT2D eigenvalue weighted by Gasteiger charge is 2.29. The van der Waals surface area contributed by atoms with Crippen LogP contribution in [0.4, 0.5) is 0 Å². The molecule has 13 nitrogen and oxygen atoms in total. The molecule has 3 saturated heterocycles. The lowest BCUT2D eigenvalue weighted by molar-refractivity contribution is -0.672. The number of carboxylic acids is 3. The number of aromatic nitrogens is 3. The molecule has 0 amide bonds. The van der Waals surface area contributed by atoms with Crippen molar-refractivity contribution in [2.45, 2.75) is 75.1 Å². The fourth-order valence-electron chi connectivity index (χ4n) is 7.10. The smallest absolute Gasteiger partial charge is 0.173 e. The Morgan fingerprint density at radius 3 is 1.12 bits per heavy atom. The number of aliphatic hydroxyl groups is 1. The summed E-state index contributed by atoms with van der Waals surface area (Å²) in [7, 11) is 12.9. The van der Waals surface area contributed by atoms with Gasteiger partial charge in [-0.15, -0.1) is 0 Å². The first-order chi connectivity index (χ1) is 24.6.